The van der Waals surface area contributed by atoms with Crippen molar-refractivity contribution in [1.29, 1.82) is 0 Å². The average Bonchev–Trinajstić information content (AvgIpc) is 3.55. The van der Waals surface area contributed by atoms with Crippen molar-refractivity contribution in [1.82, 2.24) is 29.5 Å². The van der Waals surface area contributed by atoms with Crippen LogP contribution < -0.4 is 10.2 Å². The number of aromatic amines is 1. The maximum atomic E-state index is 12.3. The Morgan fingerprint density at radius 2 is 1.76 bits per heavy atom. The highest BCUT2D eigenvalue weighted by Crippen LogP contribution is 2.38. The molecule has 5 aromatic rings. The number of hydrogen-bond donors (Lipinski definition) is 2. The van der Waals surface area contributed by atoms with Gasteiger partial charge in [-0.1, -0.05) is 0 Å². The SMILES string of the molecule is COc1ccc(-c2nc(-c3cc(C)n(-n4cnnc4)c3C)[nH]c2-c2oc(C)cc(=O)c2O)cc1. The van der Waals surface area contributed by atoms with Crippen molar-refractivity contribution in [2.75, 3.05) is 7.11 Å². The third-order valence-electron chi connectivity index (χ3n) is 5.63. The second-order valence-corrected chi connectivity index (χ2v) is 7.88. The molecule has 4 aromatic heterocycles. The number of aromatic hydroxyl groups is 1. The summed E-state index contributed by atoms with van der Waals surface area (Å²) >= 11 is 0. The molecule has 0 aliphatic carbocycles. The lowest BCUT2D eigenvalue weighted by Gasteiger charge is -2.08. The Morgan fingerprint density at radius 1 is 1.06 bits per heavy atom. The van der Waals surface area contributed by atoms with Crippen LogP contribution in [0.4, 0.5) is 0 Å². The van der Waals surface area contributed by atoms with Gasteiger partial charge in [0.15, 0.2) is 5.76 Å². The molecule has 2 N–H and O–H groups in total. The van der Waals surface area contributed by atoms with E-state index in [9.17, 15) is 9.90 Å². The molecule has 0 radical (unpaired) electrons. The highest BCUT2D eigenvalue weighted by Gasteiger charge is 2.24. The van der Waals surface area contributed by atoms with Gasteiger partial charge >= 0.3 is 0 Å². The number of aromatic nitrogens is 6. The molecule has 10 nitrogen and oxygen atoms in total. The van der Waals surface area contributed by atoms with Gasteiger partial charge < -0.3 is 19.2 Å². The van der Waals surface area contributed by atoms with Crippen LogP contribution in [0.2, 0.25) is 0 Å². The summed E-state index contributed by atoms with van der Waals surface area (Å²) in [6.45, 7) is 5.58. The van der Waals surface area contributed by atoms with Crippen LogP contribution in [-0.2, 0) is 0 Å². The molecule has 5 rings (SSSR count). The van der Waals surface area contributed by atoms with Crippen LogP contribution in [0.25, 0.3) is 34.1 Å². The van der Waals surface area contributed by atoms with E-state index < -0.39 is 11.2 Å². The summed E-state index contributed by atoms with van der Waals surface area (Å²) < 4.78 is 14.8. The van der Waals surface area contributed by atoms with E-state index in [0.717, 1.165) is 22.5 Å². The molecule has 0 saturated heterocycles. The Morgan fingerprint density at radius 3 is 2.44 bits per heavy atom. The molecule has 0 unspecified atom stereocenters. The van der Waals surface area contributed by atoms with E-state index in [0.29, 0.717) is 28.7 Å². The lowest BCUT2D eigenvalue weighted by atomic mass is 10.1. The van der Waals surface area contributed by atoms with Crippen molar-refractivity contribution in [3.8, 4) is 45.6 Å². The summed E-state index contributed by atoms with van der Waals surface area (Å²) in [6, 6.07) is 10.6. The fourth-order valence-electron chi connectivity index (χ4n) is 4.04. The summed E-state index contributed by atoms with van der Waals surface area (Å²) in [5.74, 6) is 1.17. The minimum atomic E-state index is -0.527. The molecule has 0 fully saturated rings. The molecule has 0 saturated carbocycles. The molecule has 34 heavy (non-hydrogen) atoms. The first-order valence-electron chi connectivity index (χ1n) is 10.5. The highest BCUT2D eigenvalue weighted by molar-refractivity contribution is 5.81. The maximum absolute atomic E-state index is 12.3. The predicted octanol–water partition coefficient (Wildman–Crippen LogP) is 3.71. The van der Waals surface area contributed by atoms with E-state index in [1.54, 1.807) is 31.4 Å². The van der Waals surface area contributed by atoms with Crippen molar-refractivity contribution < 1.29 is 14.3 Å². The molecule has 0 bridgehead atoms. The quantitative estimate of drug-likeness (QED) is 0.411. The molecular weight excluding hydrogens is 436 g/mol. The second kappa shape index (κ2) is 8.07. The van der Waals surface area contributed by atoms with Crippen molar-refractivity contribution >= 4 is 0 Å². The molecule has 172 valence electrons. The van der Waals surface area contributed by atoms with Gasteiger partial charge in [-0.3, -0.25) is 9.47 Å². The first-order valence-corrected chi connectivity index (χ1v) is 10.5. The minimum absolute atomic E-state index is 0.0298. The van der Waals surface area contributed by atoms with Crippen LogP contribution in [0.1, 0.15) is 17.1 Å². The molecule has 10 heteroatoms. The van der Waals surface area contributed by atoms with Gasteiger partial charge in [0.05, 0.1) is 7.11 Å². The van der Waals surface area contributed by atoms with E-state index in [2.05, 4.69) is 15.2 Å². The fourth-order valence-corrected chi connectivity index (χ4v) is 4.04. The van der Waals surface area contributed by atoms with Crippen molar-refractivity contribution in [2.24, 2.45) is 0 Å². The Labute approximate surface area is 194 Å². The number of aryl methyl sites for hydroxylation is 2. The molecule has 0 spiro atoms. The van der Waals surface area contributed by atoms with E-state index >= 15 is 0 Å². The van der Waals surface area contributed by atoms with E-state index in [1.165, 1.54) is 6.07 Å². The summed E-state index contributed by atoms with van der Waals surface area (Å²) in [6.07, 6.45) is 3.22. The van der Waals surface area contributed by atoms with Gasteiger partial charge in [-0.15, -0.1) is 10.2 Å². The third-order valence-corrected chi connectivity index (χ3v) is 5.63. The zero-order chi connectivity index (χ0) is 24.0. The Hall–Kier alpha value is -4.60. The van der Waals surface area contributed by atoms with Gasteiger partial charge in [0.2, 0.25) is 11.2 Å². The highest BCUT2D eigenvalue weighted by atomic mass is 16.5. The number of H-pyrrole nitrogens is 1. The molecule has 0 aliphatic rings. The largest absolute Gasteiger partial charge is 0.501 e. The molecule has 4 heterocycles. The van der Waals surface area contributed by atoms with Gasteiger partial charge in [0.1, 0.15) is 41.4 Å². The maximum Gasteiger partial charge on any atom is 0.227 e. The van der Waals surface area contributed by atoms with Crippen molar-refractivity contribution in [3.63, 3.8) is 0 Å². The van der Waals surface area contributed by atoms with Crippen LogP contribution in [-0.4, -0.2) is 41.7 Å². The average molecular weight is 458 g/mol. The standard InChI is InChI=1S/C24H22N6O4/c1-13-9-18(15(3)30(13)29-11-25-26-12-29)24-27-20(16-5-7-17(33-4)8-6-16)21(28-24)23-22(32)19(31)10-14(2)34-23/h5-12,32H,1-4H3,(H,27,28). The van der Waals surface area contributed by atoms with E-state index in [1.807, 2.05) is 48.9 Å². The van der Waals surface area contributed by atoms with Crippen molar-refractivity contribution in [3.05, 3.63) is 76.4 Å². The van der Waals surface area contributed by atoms with Crippen LogP contribution in [0.15, 0.2) is 58.3 Å². The zero-order valence-electron chi connectivity index (χ0n) is 19.0. The zero-order valence-corrected chi connectivity index (χ0v) is 19.0. The van der Waals surface area contributed by atoms with Crippen molar-refractivity contribution in [2.45, 2.75) is 20.8 Å². The molecule has 0 atom stereocenters. The van der Waals surface area contributed by atoms with Crippen LogP contribution in [0.3, 0.4) is 0 Å². The van der Waals surface area contributed by atoms with Gasteiger partial charge in [0, 0.05) is 28.6 Å². The van der Waals surface area contributed by atoms with Gasteiger partial charge in [0.25, 0.3) is 0 Å². The monoisotopic (exact) mass is 458 g/mol. The first-order chi connectivity index (χ1) is 16.4. The first kappa shape index (κ1) is 21.3. The van der Waals surface area contributed by atoms with Gasteiger partial charge in [-0.05, 0) is 51.1 Å². The fraction of sp³-hybridized carbons (Fsp3) is 0.167. The van der Waals surface area contributed by atoms with Crippen LogP contribution >= 0.6 is 0 Å². The summed E-state index contributed by atoms with van der Waals surface area (Å²) in [4.78, 5) is 20.4. The van der Waals surface area contributed by atoms with Gasteiger partial charge in [-0.2, -0.15) is 0 Å². The van der Waals surface area contributed by atoms with Crippen LogP contribution in [0.5, 0.6) is 11.5 Å². The smallest absolute Gasteiger partial charge is 0.227 e. The number of benzene rings is 1. The topological polar surface area (TPSA) is 124 Å². The summed E-state index contributed by atoms with van der Waals surface area (Å²) in [5, 5.41) is 18.3. The molecular formula is C24H22N6O4. The lowest BCUT2D eigenvalue weighted by Crippen LogP contribution is -2.10. The predicted molar refractivity (Wildman–Crippen MR) is 125 cm³/mol. The summed E-state index contributed by atoms with van der Waals surface area (Å²) in [7, 11) is 1.60. The number of rotatable bonds is 5. The lowest BCUT2D eigenvalue weighted by molar-refractivity contribution is 0.415. The van der Waals surface area contributed by atoms with Gasteiger partial charge in [-0.25, -0.2) is 9.66 Å². The number of imidazole rings is 1. The van der Waals surface area contributed by atoms with E-state index in [-0.39, 0.29) is 5.76 Å². The number of nitrogens with zero attached hydrogens (tertiary/aromatic N) is 5. The number of nitrogens with one attached hydrogen (secondary N) is 1. The molecule has 0 aliphatic heterocycles. The number of ether oxygens (including phenoxy) is 1. The third kappa shape index (κ3) is 3.45. The second-order valence-electron chi connectivity index (χ2n) is 7.88. The molecule has 0 amide bonds. The normalized spacial score (nSPS) is 11.2. The molecule has 1 aromatic carbocycles. The minimum Gasteiger partial charge on any atom is -0.501 e. The number of methoxy groups -OCH3 is 1. The Bertz CT molecular complexity index is 1540. The summed E-state index contributed by atoms with van der Waals surface area (Å²) in [5.41, 5.74) is 3.83. The Kier molecular flexibility index (Phi) is 5.05. The number of hydrogen-bond acceptors (Lipinski definition) is 7. The van der Waals surface area contributed by atoms with Crippen LogP contribution in [0, 0.1) is 20.8 Å². The Balaban J connectivity index is 1.74. The van der Waals surface area contributed by atoms with E-state index in [4.69, 9.17) is 14.1 Å².